The van der Waals surface area contributed by atoms with Crippen molar-refractivity contribution in [3.8, 4) is 0 Å². The number of benzene rings is 2. The van der Waals surface area contributed by atoms with Crippen LogP contribution in [0.5, 0.6) is 0 Å². The Hall–Kier alpha value is -2.43. The van der Waals surface area contributed by atoms with Gasteiger partial charge in [0.15, 0.2) is 6.54 Å². The summed E-state index contributed by atoms with van der Waals surface area (Å²) in [5.41, 5.74) is 4.56. The van der Waals surface area contributed by atoms with E-state index in [0.717, 1.165) is 24.1 Å². The summed E-state index contributed by atoms with van der Waals surface area (Å²) >= 11 is 1.74. The van der Waals surface area contributed by atoms with E-state index in [1.165, 1.54) is 16.0 Å². The molecule has 140 valence electrons. The van der Waals surface area contributed by atoms with Crippen LogP contribution >= 0.6 is 11.3 Å². The second-order valence-corrected chi connectivity index (χ2v) is 7.77. The quantitative estimate of drug-likeness (QED) is 0.602. The van der Waals surface area contributed by atoms with Crippen molar-refractivity contribution >= 4 is 22.9 Å². The second-order valence-electron chi connectivity index (χ2n) is 6.79. The summed E-state index contributed by atoms with van der Waals surface area (Å²) in [6, 6.07) is 21.0. The molecular formula is C23H27N2OS+. The van der Waals surface area contributed by atoms with E-state index in [9.17, 15) is 4.79 Å². The highest BCUT2D eigenvalue weighted by Gasteiger charge is 2.20. The van der Waals surface area contributed by atoms with E-state index in [2.05, 4.69) is 59.3 Å². The van der Waals surface area contributed by atoms with Crippen LogP contribution in [-0.2, 0) is 11.2 Å². The number of anilines is 1. The number of amides is 1. The molecule has 0 aliphatic carbocycles. The highest BCUT2D eigenvalue weighted by molar-refractivity contribution is 7.10. The molecule has 1 aromatic heterocycles. The van der Waals surface area contributed by atoms with Crippen LogP contribution in [0.1, 0.15) is 41.0 Å². The number of thiophene rings is 1. The van der Waals surface area contributed by atoms with E-state index in [1.807, 2.05) is 31.2 Å². The number of rotatable bonds is 8. The van der Waals surface area contributed by atoms with Crippen LogP contribution in [-0.4, -0.2) is 12.5 Å². The predicted octanol–water partition coefficient (Wildman–Crippen LogP) is 4.30. The summed E-state index contributed by atoms with van der Waals surface area (Å²) in [4.78, 5) is 13.7. The molecule has 27 heavy (non-hydrogen) atoms. The monoisotopic (exact) mass is 379 g/mol. The van der Waals surface area contributed by atoms with Crippen LogP contribution < -0.4 is 10.6 Å². The van der Waals surface area contributed by atoms with E-state index in [-0.39, 0.29) is 11.9 Å². The molecule has 0 saturated heterocycles. The molecule has 0 bridgehead atoms. The van der Waals surface area contributed by atoms with Gasteiger partial charge in [-0.3, -0.25) is 4.79 Å². The number of nitrogens with two attached hydrogens (primary N) is 1. The minimum absolute atomic E-state index is 0.0217. The van der Waals surface area contributed by atoms with Gasteiger partial charge in [-0.05, 0) is 42.0 Å². The number of quaternary nitrogens is 1. The molecule has 0 aliphatic rings. The van der Waals surface area contributed by atoms with Crippen molar-refractivity contribution < 1.29 is 10.1 Å². The first-order valence-corrected chi connectivity index (χ1v) is 10.4. The Labute approximate surface area is 165 Å². The van der Waals surface area contributed by atoms with Crippen LogP contribution in [0.2, 0.25) is 0 Å². The molecule has 3 aromatic rings. The molecule has 0 aliphatic heterocycles. The zero-order chi connectivity index (χ0) is 19.1. The van der Waals surface area contributed by atoms with Gasteiger partial charge >= 0.3 is 0 Å². The molecule has 2 aromatic carbocycles. The number of aryl methyl sites for hydroxylation is 2. The first kappa shape index (κ1) is 19.3. The van der Waals surface area contributed by atoms with Crippen LogP contribution in [0.25, 0.3) is 0 Å². The molecule has 3 nitrogen and oxygen atoms in total. The van der Waals surface area contributed by atoms with Gasteiger partial charge in [0.1, 0.15) is 6.04 Å². The third-order valence-corrected chi connectivity index (χ3v) is 5.64. The maximum absolute atomic E-state index is 12.5. The molecule has 1 amide bonds. The fourth-order valence-corrected chi connectivity index (χ4v) is 4.05. The fraction of sp³-hybridized carbons (Fsp3) is 0.261. The summed E-state index contributed by atoms with van der Waals surface area (Å²) in [7, 11) is 0. The SMILES string of the molecule is CCCc1ccc([C@@H]([NH2+]CC(=O)Nc2ccccc2C)c2cccs2)cc1. The van der Waals surface area contributed by atoms with Crippen molar-refractivity contribution in [2.45, 2.75) is 32.7 Å². The molecular weight excluding hydrogens is 352 g/mol. The molecule has 4 heteroatoms. The number of nitrogens with one attached hydrogen (secondary N) is 1. The standard InChI is InChI=1S/C23H26N2OS/c1-3-7-18-11-13-19(14-12-18)23(21-10-6-15-27-21)24-16-22(26)25-20-9-5-4-8-17(20)2/h4-6,8-15,23-24H,3,7,16H2,1-2H3,(H,25,26)/p+1/t23-/m1/s1. The van der Waals surface area contributed by atoms with Crippen molar-refractivity contribution in [1.82, 2.24) is 0 Å². The number of hydrogen-bond acceptors (Lipinski definition) is 2. The minimum atomic E-state index is 0.0217. The van der Waals surface area contributed by atoms with E-state index in [1.54, 1.807) is 11.3 Å². The van der Waals surface area contributed by atoms with Gasteiger partial charge in [0.05, 0.1) is 4.88 Å². The third kappa shape index (κ3) is 5.28. The molecule has 3 N–H and O–H groups in total. The zero-order valence-corrected chi connectivity index (χ0v) is 16.8. The Bertz CT molecular complexity index is 856. The van der Waals surface area contributed by atoms with Crippen molar-refractivity contribution in [2.24, 2.45) is 0 Å². The molecule has 0 radical (unpaired) electrons. The summed E-state index contributed by atoms with van der Waals surface area (Å²) in [5.74, 6) is 0.0217. The number of para-hydroxylation sites is 1. The second kappa shape index (κ2) is 9.49. The number of hydrogen-bond donors (Lipinski definition) is 2. The van der Waals surface area contributed by atoms with E-state index in [0.29, 0.717) is 6.54 Å². The lowest BCUT2D eigenvalue weighted by Gasteiger charge is -2.15. The molecule has 0 spiro atoms. The van der Waals surface area contributed by atoms with Gasteiger partial charge in [0.2, 0.25) is 0 Å². The topological polar surface area (TPSA) is 45.7 Å². The molecule has 1 heterocycles. The van der Waals surface area contributed by atoms with Crippen LogP contribution in [0, 0.1) is 6.92 Å². The van der Waals surface area contributed by atoms with E-state index < -0.39 is 0 Å². The minimum Gasteiger partial charge on any atom is -0.328 e. The number of carbonyl (C=O) groups is 1. The number of carbonyl (C=O) groups excluding carboxylic acids is 1. The zero-order valence-electron chi connectivity index (χ0n) is 15.9. The Morgan fingerprint density at radius 3 is 2.52 bits per heavy atom. The Morgan fingerprint density at radius 1 is 1.07 bits per heavy atom. The average molecular weight is 380 g/mol. The van der Waals surface area contributed by atoms with Crippen molar-refractivity contribution in [1.29, 1.82) is 0 Å². The van der Waals surface area contributed by atoms with E-state index in [4.69, 9.17) is 0 Å². The summed E-state index contributed by atoms with van der Waals surface area (Å²) in [5, 5.41) is 7.23. The first-order chi connectivity index (χ1) is 13.2. The third-order valence-electron chi connectivity index (χ3n) is 4.69. The molecule has 0 fully saturated rings. The van der Waals surface area contributed by atoms with Crippen molar-refractivity contribution in [2.75, 3.05) is 11.9 Å². The summed E-state index contributed by atoms with van der Waals surface area (Å²) < 4.78 is 0. The smallest absolute Gasteiger partial charge is 0.279 e. The average Bonchev–Trinajstić information content (AvgIpc) is 3.20. The Kier molecular flexibility index (Phi) is 6.80. The lowest BCUT2D eigenvalue weighted by atomic mass is 10.0. The van der Waals surface area contributed by atoms with Crippen LogP contribution in [0.15, 0.2) is 66.0 Å². The fourth-order valence-electron chi connectivity index (χ4n) is 3.20. The van der Waals surface area contributed by atoms with Gasteiger partial charge in [-0.1, -0.05) is 61.9 Å². The summed E-state index contributed by atoms with van der Waals surface area (Å²) in [6.45, 7) is 4.59. The maximum Gasteiger partial charge on any atom is 0.279 e. The maximum atomic E-state index is 12.5. The Balaban J connectivity index is 1.69. The van der Waals surface area contributed by atoms with Gasteiger partial charge in [-0.25, -0.2) is 0 Å². The molecule has 3 rings (SSSR count). The molecule has 0 unspecified atom stereocenters. The van der Waals surface area contributed by atoms with Crippen molar-refractivity contribution in [3.05, 3.63) is 87.6 Å². The predicted molar refractivity (Wildman–Crippen MR) is 113 cm³/mol. The van der Waals surface area contributed by atoms with Gasteiger partial charge in [-0.15, -0.1) is 11.3 Å². The first-order valence-electron chi connectivity index (χ1n) is 9.48. The highest BCUT2D eigenvalue weighted by Crippen LogP contribution is 2.23. The van der Waals surface area contributed by atoms with E-state index >= 15 is 0 Å². The van der Waals surface area contributed by atoms with Gasteiger partial charge in [-0.2, -0.15) is 0 Å². The lowest BCUT2D eigenvalue weighted by molar-refractivity contribution is -0.675. The van der Waals surface area contributed by atoms with Gasteiger partial charge in [0.25, 0.3) is 5.91 Å². The highest BCUT2D eigenvalue weighted by atomic mass is 32.1. The van der Waals surface area contributed by atoms with Gasteiger partial charge in [0, 0.05) is 11.3 Å². The summed E-state index contributed by atoms with van der Waals surface area (Å²) in [6.07, 6.45) is 2.26. The van der Waals surface area contributed by atoms with Crippen molar-refractivity contribution in [3.63, 3.8) is 0 Å². The van der Waals surface area contributed by atoms with Crippen LogP contribution in [0.4, 0.5) is 5.69 Å². The van der Waals surface area contributed by atoms with Gasteiger partial charge < -0.3 is 10.6 Å². The Morgan fingerprint density at radius 2 is 1.85 bits per heavy atom. The molecule has 0 saturated carbocycles. The largest absolute Gasteiger partial charge is 0.328 e. The lowest BCUT2D eigenvalue weighted by Crippen LogP contribution is -2.87. The molecule has 1 atom stereocenters. The normalized spacial score (nSPS) is 11.9. The van der Waals surface area contributed by atoms with Crippen LogP contribution in [0.3, 0.4) is 0 Å².